The van der Waals surface area contributed by atoms with Crippen LogP contribution in [0.2, 0.25) is 0 Å². The van der Waals surface area contributed by atoms with E-state index in [0.29, 0.717) is 16.9 Å². The van der Waals surface area contributed by atoms with E-state index in [1.54, 1.807) is 6.20 Å². The highest BCUT2D eigenvalue weighted by Crippen LogP contribution is 2.41. The first-order valence-electron chi connectivity index (χ1n) is 5.95. The molecular weight excluding hydrogens is 266 g/mol. The van der Waals surface area contributed by atoms with E-state index >= 15 is 0 Å². The molecule has 0 spiro atoms. The predicted molar refractivity (Wildman–Crippen MR) is 68.0 cm³/mol. The minimum Gasteiger partial charge on any atom is -0.349 e. The standard InChI is InChI=1S/C12H16BrN3/c1-8-12(15-5-4-14-8)16-10-2-3-11(16)7-9(13)6-10/h4-5,9-11H,2-3,6-7H2,1H3. The maximum atomic E-state index is 4.52. The highest BCUT2D eigenvalue weighted by atomic mass is 79.9. The summed E-state index contributed by atoms with van der Waals surface area (Å²) in [6.45, 7) is 2.06. The summed E-state index contributed by atoms with van der Waals surface area (Å²) in [6, 6.07) is 1.33. The zero-order chi connectivity index (χ0) is 11.1. The molecule has 0 N–H and O–H groups in total. The van der Waals surface area contributed by atoms with Crippen molar-refractivity contribution in [3.05, 3.63) is 18.1 Å². The fraction of sp³-hybridized carbons (Fsp3) is 0.667. The number of aromatic nitrogens is 2. The normalized spacial score (nSPS) is 33.1. The van der Waals surface area contributed by atoms with Crippen LogP contribution in [-0.4, -0.2) is 26.9 Å². The fourth-order valence-electron chi connectivity index (χ4n) is 3.11. The van der Waals surface area contributed by atoms with Gasteiger partial charge in [0.2, 0.25) is 0 Å². The molecule has 3 heterocycles. The number of nitrogens with zero attached hydrogens (tertiary/aromatic N) is 3. The molecule has 2 aliphatic rings. The molecule has 2 aliphatic heterocycles. The molecule has 0 amide bonds. The SMILES string of the molecule is Cc1nccnc1N1C2CCC1CC(Br)C2. The molecule has 1 aromatic rings. The number of hydrogen-bond donors (Lipinski definition) is 0. The summed E-state index contributed by atoms with van der Waals surface area (Å²) in [5, 5.41) is 0. The first kappa shape index (κ1) is 10.5. The van der Waals surface area contributed by atoms with E-state index in [2.05, 4.69) is 37.7 Å². The lowest BCUT2D eigenvalue weighted by Crippen LogP contribution is -2.44. The van der Waals surface area contributed by atoms with Crippen molar-refractivity contribution >= 4 is 21.7 Å². The summed E-state index contributed by atoms with van der Waals surface area (Å²) in [4.78, 5) is 12.1. The molecule has 86 valence electrons. The van der Waals surface area contributed by atoms with E-state index < -0.39 is 0 Å². The highest BCUT2D eigenvalue weighted by molar-refractivity contribution is 9.09. The van der Waals surface area contributed by atoms with Gasteiger partial charge in [-0.05, 0) is 32.6 Å². The van der Waals surface area contributed by atoms with Gasteiger partial charge in [-0.15, -0.1) is 0 Å². The maximum Gasteiger partial charge on any atom is 0.150 e. The smallest absolute Gasteiger partial charge is 0.150 e. The van der Waals surface area contributed by atoms with Gasteiger partial charge in [0.25, 0.3) is 0 Å². The second kappa shape index (κ2) is 3.99. The van der Waals surface area contributed by atoms with Crippen LogP contribution >= 0.6 is 15.9 Å². The number of anilines is 1. The lowest BCUT2D eigenvalue weighted by Gasteiger charge is -2.38. The minimum absolute atomic E-state index is 0.665. The van der Waals surface area contributed by atoms with E-state index in [-0.39, 0.29) is 0 Å². The molecule has 0 radical (unpaired) electrons. The third kappa shape index (κ3) is 1.63. The van der Waals surface area contributed by atoms with E-state index in [9.17, 15) is 0 Å². The third-order valence-corrected chi connectivity index (χ3v) is 4.52. The molecule has 0 saturated carbocycles. The van der Waals surface area contributed by atoms with Crippen molar-refractivity contribution in [2.45, 2.75) is 49.5 Å². The second-order valence-electron chi connectivity index (χ2n) is 4.83. The van der Waals surface area contributed by atoms with Crippen molar-refractivity contribution < 1.29 is 0 Å². The maximum absolute atomic E-state index is 4.52. The Balaban J connectivity index is 1.94. The van der Waals surface area contributed by atoms with Gasteiger partial charge in [-0.1, -0.05) is 15.9 Å². The van der Waals surface area contributed by atoms with Crippen LogP contribution in [0.5, 0.6) is 0 Å². The van der Waals surface area contributed by atoms with Gasteiger partial charge < -0.3 is 4.90 Å². The third-order valence-electron chi connectivity index (χ3n) is 3.78. The Morgan fingerprint density at radius 1 is 1.19 bits per heavy atom. The number of aryl methyl sites for hydroxylation is 1. The van der Waals surface area contributed by atoms with Gasteiger partial charge in [0.15, 0.2) is 5.82 Å². The number of fused-ring (bicyclic) bond motifs is 2. The Morgan fingerprint density at radius 2 is 1.81 bits per heavy atom. The molecule has 2 bridgehead atoms. The summed E-state index contributed by atoms with van der Waals surface area (Å²) < 4.78 is 0. The fourth-order valence-corrected chi connectivity index (χ4v) is 3.97. The van der Waals surface area contributed by atoms with E-state index in [0.717, 1.165) is 11.5 Å². The van der Waals surface area contributed by atoms with Crippen LogP contribution in [0.1, 0.15) is 31.4 Å². The summed E-state index contributed by atoms with van der Waals surface area (Å²) >= 11 is 3.76. The van der Waals surface area contributed by atoms with Crippen LogP contribution in [0.25, 0.3) is 0 Å². The summed E-state index contributed by atoms with van der Waals surface area (Å²) in [5.41, 5.74) is 1.06. The van der Waals surface area contributed by atoms with Crippen molar-refractivity contribution in [1.29, 1.82) is 0 Å². The predicted octanol–water partition coefficient (Wildman–Crippen LogP) is 2.68. The highest BCUT2D eigenvalue weighted by Gasteiger charge is 2.41. The number of alkyl halides is 1. The van der Waals surface area contributed by atoms with Gasteiger partial charge in [0.05, 0.1) is 5.69 Å². The van der Waals surface area contributed by atoms with Crippen LogP contribution in [-0.2, 0) is 0 Å². The molecule has 0 aliphatic carbocycles. The van der Waals surface area contributed by atoms with Crippen molar-refractivity contribution in [3.63, 3.8) is 0 Å². The first-order valence-corrected chi connectivity index (χ1v) is 6.87. The Hall–Kier alpha value is -0.640. The van der Waals surface area contributed by atoms with Crippen LogP contribution in [0.15, 0.2) is 12.4 Å². The molecule has 4 heteroatoms. The zero-order valence-electron chi connectivity index (χ0n) is 9.43. The number of hydrogen-bond acceptors (Lipinski definition) is 3. The molecule has 3 nitrogen and oxygen atoms in total. The Kier molecular flexibility index (Phi) is 2.62. The Labute approximate surface area is 104 Å². The van der Waals surface area contributed by atoms with E-state index in [4.69, 9.17) is 0 Å². The summed E-state index contributed by atoms with van der Waals surface area (Å²) in [5.74, 6) is 1.11. The minimum atomic E-state index is 0.665. The molecule has 2 saturated heterocycles. The monoisotopic (exact) mass is 281 g/mol. The van der Waals surface area contributed by atoms with E-state index in [1.807, 2.05) is 6.20 Å². The first-order chi connectivity index (χ1) is 7.75. The van der Waals surface area contributed by atoms with Crippen LogP contribution in [0.4, 0.5) is 5.82 Å². The summed E-state index contributed by atoms with van der Waals surface area (Å²) in [7, 11) is 0. The van der Waals surface area contributed by atoms with Crippen LogP contribution in [0, 0.1) is 6.92 Å². The zero-order valence-corrected chi connectivity index (χ0v) is 11.0. The average Bonchev–Trinajstić information content (AvgIpc) is 2.53. The molecule has 2 fully saturated rings. The van der Waals surface area contributed by atoms with Gasteiger partial charge in [-0.3, -0.25) is 4.98 Å². The largest absolute Gasteiger partial charge is 0.349 e. The van der Waals surface area contributed by atoms with Gasteiger partial charge in [0.1, 0.15) is 0 Å². The van der Waals surface area contributed by atoms with Crippen molar-refractivity contribution in [3.8, 4) is 0 Å². The summed E-state index contributed by atoms with van der Waals surface area (Å²) in [6.07, 6.45) is 8.69. The molecule has 1 aromatic heterocycles. The molecule has 2 atom stereocenters. The second-order valence-corrected chi connectivity index (χ2v) is 6.12. The van der Waals surface area contributed by atoms with Crippen LogP contribution in [0.3, 0.4) is 0 Å². The topological polar surface area (TPSA) is 29.0 Å². The van der Waals surface area contributed by atoms with Crippen molar-refractivity contribution in [2.75, 3.05) is 4.90 Å². The van der Waals surface area contributed by atoms with Gasteiger partial charge in [-0.2, -0.15) is 0 Å². The quantitative estimate of drug-likeness (QED) is 0.742. The molecule has 16 heavy (non-hydrogen) atoms. The number of rotatable bonds is 1. The van der Waals surface area contributed by atoms with Crippen molar-refractivity contribution in [1.82, 2.24) is 9.97 Å². The Bertz CT molecular complexity index is 382. The molecule has 0 aromatic carbocycles. The van der Waals surface area contributed by atoms with Crippen LogP contribution < -0.4 is 4.90 Å². The van der Waals surface area contributed by atoms with Crippen molar-refractivity contribution in [2.24, 2.45) is 0 Å². The molecule has 3 rings (SSSR count). The number of halogens is 1. The average molecular weight is 282 g/mol. The van der Waals surface area contributed by atoms with Gasteiger partial charge >= 0.3 is 0 Å². The van der Waals surface area contributed by atoms with Gasteiger partial charge in [-0.25, -0.2) is 4.98 Å². The number of piperidine rings is 1. The van der Waals surface area contributed by atoms with E-state index in [1.165, 1.54) is 25.7 Å². The lowest BCUT2D eigenvalue weighted by molar-refractivity contribution is 0.478. The molecular formula is C12H16BrN3. The van der Waals surface area contributed by atoms with Gasteiger partial charge in [0, 0.05) is 29.3 Å². The lowest BCUT2D eigenvalue weighted by atomic mass is 10.0. The Morgan fingerprint density at radius 3 is 2.44 bits per heavy atom. The molecule has 2 unspecified atom stereocenters.